The molecule has 0 unspecified atom stereocenters. The topological polar surface area (TPSA) is 88.5 Å². The molecule has 3 aromatic rings. The number of hydrogen-bond acceptors (Lipinski definition) is 6. The van der Waals surface area contributed by atoms with Crippen LogP contribution in [0.25, 0.3) is 0 Å². The maximum absolute atomic E-state index is 13.3. The van der Waals surface area contributed by atoms with Gasteiger partial charge in [0.1, 0.15) is 18.8 Å². The molecule has 8 nitrogen and oxygen atoms in total. The second-order valence-corrected chi connectivity index (χ2v) is 10.1. The number of amides is 2. The van der Waals surface area contributed by atoms with E-state index in [-0.39, 0.29) is 25.6 Å². The van der Waals surface area contributed by atoms with Gasteiger partial charge in [0.2, 0.25) is 5.91 Å². The number of ether oxygens (including phenoxy) is 3. The fraction of sp³-hybridized carbons (Fsp3) is 0.444. The number of para-hydroxylation sites is 4. The number of anilines is 1. The van der Waals surface area contributed by atoms with Crippen LogP contribution in [0.5, 0.6) is 17.2 Å². The molecule has 1 N–H and O–H groups in total. The number of aliphatic hydroxyl groups excluding tert-OH is 1. The van der Waals surface area contributed by atoms with E-state index in [4.69, 9.17) is 14.2 Å². The van der Waals surface area contributed by atoms with E-state index in [0.717, 1.165) is 5.56 Å². The van der Waals surface area contributed by atoms with Crippen LogP contribution in [-0.2, 0) is 16.1 Å². The third kappa shape index (κ3) is 11.6. The maximum atomic E-state index is 13.3. The summed E-state index contributed by atoms with van der Waals surface area (Å²) in [5, 5.41) is 9.67. The summed E-state index contributed by atoms with van der Waals surface area (Å²) in [6, 6.07) is 24.1. The Labute approximate surface area is 264 Å². The average molecular weight is 609 g/mol. The molecule has 8 heteroatoms. The highest BCUT2D eigenvalue weighted by molar-refractivity contribution is 5.98. The molecule has 0 saturated carbocycles. The van der Waals surface area contributed by atoms with Crippen LogP contribution in [-0.4, -0.2) is 53.3 Å². The van der Waals surface area contributed by atoms with Crippen molar-refractivity contribution in [3.8, 4) is 17.2 Å². The van der Waals surface area contributed by atoms with Gasteiger partial charge in [0.05, 0.1) is 11.7 Å². The van der Waals surface area contributed by atoms with Gasteiger partial charge in [0, 0.05) is 13.2 Å². The van der Waals surface area contributed by atoms with E-state index in [1.165, 1.54) is 4.90 Å². The molecule has 1 atom stereocenters. The summed E-state index contributed by atoms with van der Waals surface area (Å²) in [4.78, 5) is 29.1. The monoisotopic (exact) mass is 608 g/mol. The maximum Gasteiger partial charge on any atom is 0.411 e. The van der Waals surface area contributed by atoms with Gasteiger partial charge in [-0.05, 0) is 57.0 Å². The summed E-state index contributed by atoms with van der Waals surface area (Å²) < 4.78 is 17.8. The summed E-state index contributed by atoms with van der Waals surface area (Å²) in [5.41, 5.74) is 0.908. The molecule has 44 heavy (non-hydrogen) atoms. The van der Waals surface area contributed by atoms with E-state index in [2.05, 4.69) is 0 Å². The molecule has 0 bridgehead atoms. The molecule has 3 aromatic carbocycles. The highest BCUT2D eigenvalue weighted by atomic mass is 16.6. The molecule has 242 valence electrons. The molecule has 0 spiro atoms. The third-order valence-electron chi connectivity index (χ3n) is 5.99. The smallest absolute Gasteiger partial charge is 0.411 e. The van der Waals surface area contributed by atoms with E-state index in [0.29, 0.717) is 36.0 Å². The lowest BCUT2D eigenvalue weighted by molar-refractivity contribution is -0.122. The molecule has 1 aliphatic heterocycles. The van der Waals surface area contributed by atoms with Crippen molar-refractivity contribution < 1.29 is 28.9 Å². The number of carbonyl (C=O) groups excluding carboxylic acids is 2. The fourth-order valence-corrected chi connectivity index (χ4v) is 4.21. The van der Waals surface area contributed by atoms with Crippen LogP contribution < -0.4 is 14.4 Å². The summed E-state index contributed by atoms with van der Waals surface area (Å²) in [7, 11) is 0. The van der Waals surface area contributed by atoms with E-state index < -0.39 is 17.7 Å². The van der Waals surface area contributed by atoms with Crippen LogP contribution in [0.3, 0.4) is 0 Å². The molecule has 0 aliphatic carbocycles. The zero-order valence-electron chi connectivity index (χ0n) is 28.0. The van der Waals surface area contributed by atoms with Crippen molar-refractivity contribution in [2.75, 3.05) is 24.6 Å². The van der Waals surface area contributed by atoms with Gasteiger partial charge in [0.25, 0.3) is 0 Å². The van der Waals surface area contributed by atoms with Gasteiger partial charge in [-0.2, -0.15) is 0 Å². The molecule has 4 rings (SSSR count). The minimum atomic E-state index is -0.697. The number of hydrogen-bond donors (Lipinski definition) is 1. The first-order valence-electron chi connectivity index (χ1n) is 15.7. The van der Waals surface area contributed by atoms with Crippen molar-refractivity contribution >= 4 is 17.7 Å². The van der Waals surface area contributed by atoms with E-state index in [1.807, 2.05) is 108 Å². The van der Waals surface area contributed by atoms with Crippen LogP contribution in [0.2, 0.25) is 0 Å². The normalized spacial score (nSPS) is 14.0. The Hall–Kier alpha value is -4.04. The fourth-order valence-electron chi connectivity index (χ4n) is 4.21. The van der Waals surface area contributed by atoms with Crippen LogP contribution in [0.15, 0.2) is 78.9 Å². The van der Waals surface area contributed by atoms with Crippen molar-refractivity contribution in [3.05, 3.63) is 84.4 Å². The molecular weight excluding hydrogens is 556 g/mol. The first kappa shape index (κ1) is 38.0. The van der Waals surface area contributed by atoms with Gasteiger partial charge < -0.3 is 24.2 Å². The van der Waals surface area contributed by atoms with Crippen molar-refractivity contribution in [3.63, 3.8) is 0 Å². The Morgan fingerprint density at radius 3 is 1.95 bits per heavy atom. The number of nitrogens with zero attached hydrogens (tertiary/aromatic N) is 2. The summed E-state index contributed by atoms with van der Waals surface area (Å²) in [6.45, 7) is 17.6. The second kappa shape index (κ2) is 20.0. The molecule has 1 heterocycles. The Morgan fingerprint density at radius 2 is 1.36 bits per heavy atom. The molecule has 1 fully saturated rings. The Balaban J connectivity index is 0.00000152. The van der Waals surface area contributed by atoms with Crippen molar-refractivity contribution in [1.29, 1.82) is 0 Å². The zero-order valence-corrected chi connectivity index (χ0v) is 28.0. The molecule has 0 aromatic heterocycles. The second-order valence-electron chi connectivity index (χ2n) is 10.1. The predicted molar refractivity (Wildman–Crippen MR) is 179 cm³/mol. The molecule has 1 aliphatic rings. The quantitative estimate of drug-likeness (QED) is 0.276. The number of aliphatic hydroxyl groups is 1. The standard InChI is InChI=1S/C30H34N2O6.3C2H6/c1-30(2,3)38-29(35)31-20-28(34)32(19-23(31)17-18-33)24-13-7-8-14-25(24)37-27-16-10-9-15-26(27)36-21-22-11-5-4-6-12-22;3*1-2/h4-16,23,33H,17-21H2,1-3H3;3*1-2H3/t23-;;;/m1.../s1. The Morgan fingerprint density at radius 1 is 0.818 bits per heavy atom. The van der Waals surface area contributed by atoms with Crippen LogP contribution >= 0.6 is 0 Å². The third-order valence-corrected chi connectivity index (χ3v) is 5.99. The minimum Gasteiger partial charge on any atom is -0.485 e. The average Bonchev–Trinajstić information content (AvgIpc) is 3.04. The SMILES string of the molecule is CC.CC.CC.CC(C)(C)OC(=O)N1CC(=O)N(c2ccccc2Oc2ccccc2OCc2ccccc2)C[C@H]1CCO. The van der Waals surface area contributed by atoms with Crippen molar-refractivity contribution in [2.45, 2.75) is 87.0 Å². The van der Waals surface area contributed by atoms with Gasteiger partial charge in [-0.15, -0.1) is 0 Å². The van der Waals surface area contributed by atoms with Gasteiger partial charge in [-0.1, -0.05) is 96.1 Å². The lowest BCUT2D eigenvalue weighted by Gasteiger charge is -2.41. The Bertz CT molecular complexity index is 1240. The first-order chi connectivity index (χ1) is 21.2. The molecule has 0 radical (unpaired) electrons. The van der Waals surface area contributed by atoms with Crippen LogP contribution in [0.4, 0.5) is 10.5 Å². The Kier molecular flexibility index (Phi) is 17.3. The van der Waals surface area contributed by atoms with Gasteiger partial charge in [-0.25, -0.2) is 4.79 Å². The number of piperazine rings is 1. The zero-order chi connectivity index (χ0) is 33.1. The summed E-state index contributed by atoms with van der Waals surface area (Å²) in [6.07, 6.45) is -0.264. The number of rotatable bonds is 8. The van der Waals surface area contributed by atoms with Crippen molar-refractivity contribution in [1.82, 2.24) is 4.90 Å². The largest absolute Gasteiger partial charge is 0.485 e. The lowest BCUT2D eigenvalue weighted by atomic mass is 10.1. The van der Waals surface area contributed by atoms with Gasteiger partial charge in [0.15, 0.2) is 17.2 Å². The summed E-state index contributed by atoms with van der Waals surface area (Å²) in [5.74, 6) is 1.30. The highest BCUT2D eigenvalue weighted by Gasteiger charge is 2.38. The molecule has 1 saturated heterocycles. The summed E-state index contributed by atoms with van der Waals surface area (Å²) >= 11 is 0. The van der Waals surface area contributed by atoms with Crippen LogP contribution in [0, 0.1) is 0 Å². The lowest BCUT2D eigenvalue weighted by Crippen LogP contribution is -2.59. The van der Waals surface area contributed by atoms with Gasteiger partial charge in [-0.3, -0.25) is 9.69 Å². The number of carbonyl (C=O) groups is 2. The van der Waals surface area contributed by atoms with Crippen LogP contribution in [0.1, 0.15) is 74.3 Å². The van der Waals surface area contributed by atoms with E-state index >= 15 is 0 Å². The van der Waals surface area contributed by atoms with Crippen molar-refractivity contribution in [2.24, 2.45) is 0 Å². The molecule has 2 amide bonds. The van der Waals surface area contributed by atoms with E-state index in [1.54, 1.807) is 37.8 Å². The highest BCUT2D eigenvalue weighted by Crippen LogP contribution is 2.38. The van der Waals surface area contributed by atoms with E-state index in [9.17, 15) is 14.7 Å². The first-order valence-corrected chi connectivity index (χ1v) is 15.7. The predicted octanol–water partition coefficient (Wildman–Crippen LogP) is 8.47. The number of benzene rings is 3. The van der Waals surface area contributed by atoms with Gasteiger partial charge >= 0.3 is 6.09 Å². The molecular formula is C36H52N2O6. The minimum absolute atomic E-state index is 0.129.